The summed E-state index contributed by atoms with van der Waals surface area (Å²) in [4.78, 5) is 20.8. The number of amides is 1. The first-order valence-corrected chi connectivity index (χ1v) is 4.27. The van der Waals surface area contributed by atoms with Gasteiger partial charge in [-0.25, -0.2) is 0 Å². The Hall–Kier alpha value is -2.44. The second-order valence-corrected chi connectivity index (χ2v) is 3.00. The Bertz CT molecular complexity index is 456. The fourth-order valence-corrected chi connectivity index (χ4v) is 1.16. The third-order valence-electron chi connectivity index (χ3n) is 1.68. The Morgan fingerprint density at radius 2 is 2.25 bits per heavy atom. The second-order valence-electron chi connectivity index (χ2n) is 3.00. The summed E-state index contributed by atoms with van der Waals surface area (Å²) in [5.74, 6) is -0.340. The molecule has 1 aromatic carbocycles. The summed E-state index contributed by atoms with van der Waals surface area (Å²) in [7, 11) is 0. The number of nitrogens with one attached hydrogen (secondary N) is 1. The van der Waals surface area contributed by atoms with Crippen LogP contribution >= 0.6 is 0 Å². The van der Waals surface area contributed by atoms with E-state index in [1.165, 1.54) is 25.1 Å². The monoisotopic (exact) mass is 223 g/mol. The van der Waals surface area contributed by atoms with Gasteiger partial charge in [-0.05, 0) is 6.07 Å². The van der Waals surface area contributed by atoms with Crippen molar-refractivity contribution in [3.05, 3.63) is 33.9 Å². The van der Waals surface area contributed by atoms with Crippen LogP contribution in [0.5, 0.6) is 0 Å². The number of oxime groups is 1. The number of benzene rings is 1. The lowest BCUT2D eigenvalue weighted by molar-refractivity contribution is -0.384. The normalized spacial score (nSPS) is 10.3. The molecular weight excluding hydrogens is 214 g/mol. The highest BCUT2D eigenvalue weighted by molar-refractivity contribution is 5.91. The molecule has 0 unspecified atom stereocenters. The first-order chi connectivity index (χ1) is 7.52. The summed E-state index contributed by atoms with van der Waals surface area (Å²) in [5.41, 5.74) is 0.401. The molecule has 1 aromatic rings. The third-order valence-corrected chi connectivity index (χ3v) is 1.68. The molecule has 0 atom stereocenters. The van der Waals surface area contributed by atoms with Crippen molar-refractivity contribution in [1.82, 2.24) is 0 Å². The van der Waals surface area contributed by atoms with Gasteiger partial charge in [-0.15, -0.1) is 0 Å². The standard InChI is InChI=1S/C9H9N3O4/c1-6(13)11-8-2-7(5-10-14)3-9(4-8)12(15)16/h2-5,14H,1H3,(H,11,13). The second kappa shape index (κ2) is 4.87. The highest BCUT2D eigenvalue weighted by Gasteiger charge is 2.09. The summed E-state index contributed by atoms with van der Waals surface area (Å²) in [6.45, 7) is 1.29. The summed E-state index contributed by atoms with van der Waals surface area (Å²) in [6, 6.07) is 3.90. The van der Waals surface area contributed by atoms with Crippen molar-refractivity contribution in [3.8, 4) is 0 Å². The van der Waals surface area contributed by atoms with E-state index in [2.05, 4.69) is 10.5 Å². The quantitative estimate of drug-likeness (QED) is 0.349. The first kappa shape index (κ1) is 11.6. The molecule has 0 saturated carbocycles. The molecular formula is C9H9N3O4. The maximum Gasteiger partial charge on any atom is 0.272 e. The zero-order valence-corrected chi connectivity index (χ0v) is 8.38. The van der Waals surface area contributed by atoms with Gasteiger partial charge in [0.15, 0.2) is 0 Å². The van der Waals surface area contributed by atoms with Crippen LogP contribution in [0.2, 0.25) is 0 Å². The molecule has 0 aliphatic carbocycles. The van der Waals surface area contributed by atoms with Crippen molar-refractivity contribution >= 4 is 23.5 Å². The molecule has 0 aliphatic heterocycles. The average Bonchev–Trinajstić information content (AvgIpc) is 2.16. The topological polar surface area (TPSA) is 105 Å². The molecule has 0 heterocycles. The summed E-state index contributed by atoms with van der Waals surface area (Å²) >= 11 is 0. The fourth-order valence-electron chi connectivity index (χ4n) is 1.16. The van der Waals surface area contributed by atoms with Gasteiger partial charge >= 0.3 is 0 Å². The van der Waals surface area contributed by atoms with Crippen molar-refractivity contribution < 1.29 is 14.9 Å². The van der Waals surface area contributed by atoms with Crippen LogP contribution in [0.1, 0.15) is 12.5 Å². The molecule has 1 rings (SSSR count). The van der Waals surface area contributed by atoms with Gasteiger partial charge in [0.1, 0.15) is 0 Å². The molecule has 0 aromatic heterocycles. The van der Waals surface area contributed by atoms with Crippen LogP contribution in [0.3, 0.4) is 0 Å². The zero-order chi connectivity index (χ0) is 12.1. The Morgan fingerprint density at radius 3 is 2.75 bits per heavy atom. The number of hydrogen-bond acceptors (Lipinski definition) is 5. The molecule has 16 heavy (non-hydrogen) atoms. The molecule has 0 saturated heterocycles. The fraction of sp³-hybridized carbons (Fsp3) is 0.111. The number of hydrogen-bond donors (Lipinski definition) is 2. The van der Waals surface area contributed by atoms with E-state index in [4.69, 9.17) is 5.21 Å². The Balaban J connectivity index is 3.18. The Labute approximate surface area is 90.5 Å². The molecule has 0 aliphatic rings. The minimum atomic E-state index is -0.597. The summed E-state index contributed by atoms with van der Waals surface area (Å²) in [5, 5.41) is 24.1. The van der Waals surface area contributed by atoms with Gasteiger partial charge in [0.2, 0.25) is 5.91 Å². The van der Waals surface area contributed by atoms with Crippen LogP contribution in [-0.4, -0.2) is 22.3 Å². The number of carbonyl (C=O) groups is 1. The van der Waals surface area contributed by atoms with Crippen LogP contribution in [0.15, 0.2) is 23.4 Å². The van der Waals surface area contributed by atoms with Crippen molar-refractivity contribution in [1.29, 1.82) is 0 Å². The number of nitrogens with zero attached hydrogens (tertiary/aromatic N) is 2. The molecule has 7 nitrogen and oxygen atoms in total. The molecule has 0 radical (unpaired) electrons. The van der Waals surface area contributed by atoms with E-state index in [1.807, 2.05) is 0 Å². The van der Waals surface area contributed by atoms with Crippen LogP contribution in [-0.2, 0) is 4.79 Å². The maximum atomic E-state index is 10.8. The minimum Gasteiger partial charge on any atom is -0.411 e. The number of nitro groups is 1. The van der Waals surface area contributed by atoms with E-state index >= 15 is 0 Å². The average molecular weight is 223 g/mol. The van der Waals surface area contributed by atoms with Gasteiger partial charge in [0.05, 0.1) is 11.1 Å². The van der Waals surface area contributed by atoms with Gasteiger partial charge in [-0.1, -0.05) is 5.16 Å². The Morgan fingerprint density at radius 1 is 1.56 bits per heavy atom. The van der Waals surface area contributed by atoms with E-state index in [1.54, 1.807) is 0 Å². The lowest BCUT2D eigenvalue weighted by Gasteiger charge is -2.03. The summed E-state index contributed by atoms with van der Waals surface area (Å²) in [6.07, 6.45) is 1.04. The van der Waals surface area contributed by atoms with Crippen LogP contribution in [0.25, 0.3) is 0 Å². The Kier molecular flexibility index (Phi) is 3.54. The maximum absolute atomic E-state index is 10.8. The highest BCUT2D eigenvalue weighted by atomic mass is 16.6. The zero-order valence-electron chi connectivity index (χ0n) is 8.38. The van der Waals surface area contributed by atoms with E-state index in [0.717, 1.165) is 6.21 Å². The van der Waals surface area contributed by atoms with Crippen LogP contribution in [0.4, 0.5) is 11.4 Å². The molecule has 1 amide bonds. The van der Waals surface area contributed by atoms with Crippen LogP contribution < -0.4 is 5.32 Å². The number of anilines is 1. The van der Waals surface area contributed by atoms with Gasteiger partial charge < -0.3 is 10.5 Å². The molecule has 84 valence electrons. The smallest absolute Gasteiger partial charge is 0.272 e. The van der Waals surface area contributed by atoms with Gasteiger partial charge in [0, 0.05) is 30.3 Å². The van der Waals surface area contributed by atoms with Gasteiger partial charge in [0.25, 0.3) is 5.69 Å². The molecule has 0 fully saturated rings. The van der Waals surface area contributed by atoms with E-state index in [-0.39, 0.29) is 17.3 Å². The number of rotatable bonds is 3. The summed E-state index contributed by atoms with van der Waals surface area (Å²) < 4.78 is 0. The van der Waals surface area contributed by atoms with Crippen molar-refractivity contribution in [2.75, 3.05) is 5.32 Å². The number of non-ortho nitro benzene ring substituents is 1. The molecule has 0 spiro atoms. The largest absolute Gasteiger partial charge is 0.411 e. The lowest BCUT2D eigenvalue weighted by atomic mass is 10.2. The van der Waals surface area contributed by atoms with Gasteiger partial charge in [-0.2, -0.15) is 0 Å². The minimum absolute atomic E-state index is 0.193. The number of nitro benzene ring substituents is 1. The molecule has 7 heteroatoms. The molecule has 2 N–H and O–H groups in total. The third kappa shape index (κ3) is 3.05. The first-order valence-electron chi connectivity index (χ1n) is 4.27. The van der Waals surface area contributed by atoms with Crippen molar-refractivity contribution in [2.24, 2.45) is 5.16 Å². The molecule has 0 bridgehead atoms. The highest BCUT2D eigenvalue weighted by Crippen LogP contribution is 2.20. The van der Waals surface area contributed by atoms with E-state index < -0.39 is 4.92 Å². The van der Waals surface area contributed by atoms with Crippen molar-refractivity contribution in [2.45, 2.75) is 6.92 Å². The van der Waals surface area contributed by atoms with E-state index in [9.17, 15) is 14.9 Å². The van der Waals surface area contributed by atoms with E-state index in [0.29, 0.717) is 5.56 Å². The predicted octanol–water partition coefficient (Wildman–Crippen LogP) is 1.36. The SMILES string of the molecule is CC(=O)Nc1cc(C=NO)cc([N+](=O)[O-])c1. The van der Waals surface area contributed by atoms with Crippen LogP contribution in [0, 0.1) is 10.1 Å². The van der Waals surface area contributed by atoms with Crippen molar-refractivity contribution in [3.63, 3.8) is 0 Å². The predicted molar refractivity (Wildman–Crippen MR) is 56.8 cm³/mol. The lowest BCUT2D eigenvalue weighted by Crippen LogP contribution is -2.06. The van der Waals surface area contributed by atoms with Gasteiger partial charge in [-0.3, -0.25) is 14.9 Å². The number of carbonyl (C=O) groups excluding carboxylic acids is 1.